The van der Waals surface area contributed by atoms with Gasteiger partial charge in [-0.15, -0.1) is 0 Å². The number of hydrazone groups is 1. The van der Waals surface area contributed by atoms with E-state index in [1.807, 2.05) is 26.1 Å². The van der Waals surface area contributed by atoms with Crippen LogP contribution in [-0.4, -0.2) is 24.8 Å². The summed E-state index contributed by atoms with van der Waals surface area (Å²) in [5, 5.41) is 5.88. The average Bonchev–Trinajstić information content (AvgIpc) is 2.26. The zero-order valence-electron chi connectivity index (χ0n) is 9.73. The average molecular weight is 220 g/mol. The lowest BCUT2D eigenvalue weighted by molar-refractivity contribution is 0.333. The third kappa shape index (κ3) is 3.50. The molecule has 0 spiro atoms. The molecule has 16 heavy (non-hydrogen) atoms. The maximum Gasteiger partial charge on any atom is 0.126 e. The summed E-state index contributed by atoms with van der Waals surface area (Å²) >= 11 is 0. The van der Waals surface area contributed by atoms with E-state index in [-0.39, 0.29) is 11.7 Å². The number of likely N-dealkylation sites (N-methyl/N-ethyl adjacent to an activating group) is 1. The minimum absolute atomic E-state index is 0.105. The van der Waals surface area contributed by atoms with E-state index >= 15 is 0 Å². The lowest BCUT2D eigenvalue weighted by Gasteiger charge is -2.19. The predicted molar refractivity (Wildman–Crippen MR) is 66.1 cm³/mol. The van der Waals surface area contributed by atoms with Gasteiger partial charge in [0, 0.05) is 25.7 Å². The Kier molecular flexibility index (Phi) is 4.70. The molecule has 1 rings (SSSR count). The topological polar surface area (TPSA) is 15.6 Å². The van der Waals surface area contributed by atoms with Crippen molar-refractivity contribution < 1.29 is 4.39 Å². The number of halogens is 1. The van der Waals surface area contributed by atoms with Crippen molar-refractivity contribution in [2.75, 3.05) is 13.6 Å². The Morgan fingerprint density at radius 1 is 1.50 bits per heavy atom. The van der Waals surface area contributed by atoms with Gasteiger partial charge in [0.2, 0.25) is 0 Å². The molecule has 1 atom stereocenters. The van der Waals surface area contributed by atoms with Crippen molar-refractivity contribution in [3.63, 3.8) is 0 Å². The third-order valence-corrected chi connectivity index (χ3v) is 2.34. The van der Waals surface area contributed by atoms with Gasteiger partial charge in [-0.3, -0.25) is 5.01 Å². The number of benzene rings is 1. The van der Waals surface area contributed by atoms with Crippen LogP contribution in [0.15, 0.2) is 42.0 Å². The molecule has 0 heterocycles. The highest BCUT2D eigenvalue weighted by Gasteiger charge is 2.11. The molecule has 3 heteroatoms. The Hall–Kier alpha value is -1.64. The van der Waals surface area contributed by atoms with Crippen molar-refractivity contribution in [2.45, 2.75) is 12.8 Å². The zero-order chi connectivity index (χ0) is 12.0. The van der Waals surface area contributed by atoms with E-state index in [4.69, 9.17) is 0 Å². The molecule has 0 fully saturated rings. The first-order valence-electron chi connectivity index (χ1n) is 5.25. The van der Waals surface area contributed by atoms with E-state index in [0.717, 1.165) is 5.56 Å². The Morgan fingerprint density at radius 3 is 2.81 bits per heavy atom. The molecule has 1 aromatic carbocycles. The molecule has 86 valence electrons. The second-order valence-electron chi connectivity index (χ2n) is 3.76. The summed E-state index contributed by atoms with van der Waals surface area (Å²) in [6.07, 6.45) is 3.23. The first-order valence-corrected chi connectivity index (χ1v) is 5.25. The molecule has 0 aromatic heterocycles. The van der Waals surface area contributed by atoms with Crippen molar-refractivity contribution in [3.8, 4) is 0 Å². The van der Waals surface area contributed by atoms with Crippen LogP contribution in [0.4, 0.5) is 4.39 Å². The van der Waals surface area contributed by atoms with E-state index in [1.165, 1.54) is 6.07 Å². The summed E-state index contributed by atoms with van der Waals surface area (Å²) in [5.41, 5.74) is 0.725. The summed E-state index contributed by atoms with van der Waals surface area (Å²) in [4.78, 5) is 0. The summed E-state index contributed by atoms with van der Waals surface area (Å²) in [6, 6.07) is 6.84. The van der Waals surface area contributed by atoms with Crippen LogP contribution in [0.5, 0.6) is 0 Å². The van der Waals surface area contributed by atoms with Gasteiger partial charge in [0.15, 0.2) is 0 Å². The van der Waals surface area contributed by atoms with Gasteiger partial charge in [-0.2, -0.15) is 5.10 Å². The first kappa shape index (κ1) is 12.4. The van der Waals surface area contributed by atoms with E-state index < -0.39 is 0 Å². The smallest absolute Gasteiger partial charge is 0.126 e. The quantitative estimate of drug-likeness (QED) is 0.550. The molecular weight excluding hydrogens is 203 g/mol. The Morgan fingerprint density at radius 2 is 2.19 bits per heavy atom. The standard InChI is InChI=1S/C13H17FN2/c1-4-9-15-16(3)10-11(2)12-7-5-6-8-13(12)14/h4-9,11H,1,10H2,2-3H3/b15-9-. The minimum Gasteiger partial charge on any atom is -0.300 e. The largest absolute Gasteiger partial charge is 0.300 e. The van der Waals surface area contributed by atoms with Gasteiger partial charge in [-0.25, -0.2) is 4.39 Å². The molecule has 2 nitrogen and oxygen atoms in total. The maximum atomic E-state index is 13.5. The minimum atomic E-state index is -0.156. The van der Waals surface area contributed by atoms with Crippen LogP contribution in [0.2, 0.25) is 0 Å². The lowest BCUT2D eigenvalue weighted by Crippen LogP contribution is -2.18. The molecule has 0 saturated carbocycles. The molecule has 0 saturated heterocycles. The van der Waals surface area contributed by atoms with Gasteiger partial charge in [-0.1, -0.05) is 31.7 Å². The molecule has 0 aliphatic heterocycles. The van der Waals surface area contributed by atoms with Crippen LogP contribution in [-0.2, 0) is 0 Å². The predicted octanol–water partition coefficient (Wildman–Crippen LogP) is 3.03. The van der Waals surface area contributed by atoms with Gasteiger partial charge in [0.1, 0.15) is 5.82 Å². The van der Waals surface area contributed by atoms with Crippen LogP contribution in [0, 0.1) is 5.82 Å². The normalized spacial score (nSPS) is 12.7. The molecular formula is C13H17FN2. The molecule has 0 aliphatic carbocycles. The monoisotopic (exact) mass is 220 g/mol. The highest BCUT2D eigenvalue weighted by atomic mass is 19.1. The van der Waals surface area contributed by atoms with Crippen molar-refractivity contribution in [1.29, 1.82) is 0 Å². The van der Waals surface area contributed by atoms with E-state index in [9.17, 15) is 4.39 Å². The van der Waals surface area contributed by atoms with Crippen LogP contribution in [0.25, 0.3) is 0 Å². The van der Waals surface area contributed by atoms with E-state index in [1.54, 1.807) is 23.4 Å². The fraction of sp³-hybridized carbons (Fsp3) is 0.308. The number of hydrogen-bond acceptors (Lipinski definition) is 2. The highest BCUT2D eigenvalue weighted by molar-refractivity contribution is 5.69. The fourth-order valence-electron chi connectivity index (χ4n) is 1.58. The van der Waals surface area contributed by atoms with E-state index in [2.05, 4.69) is 11.7 Å². The van der Waals surface area contributed by atoms with Crippen LogP contribution in [0.3, 0.4) is 0 Å². The van der Waals surface area contributed by atoms with Gasteiger partial charge >= 0.3 is 0 Å². The summed E-state index contributed by atoms with van der Waals surface area (Å²) in [6.45, 7) is 6.20. The molecule has 0 radical (unpaired) electrons. The van der Waals surface area contributed by atoms with Crippen LogP contribution in [0.1, 0.15) is 18.4 Å². The molecule has 0 bridgehead atoms. The second kappa shape index (κ2) is 6.05. The number of hydrogen-bond donors (Lipinski definition) is 0. The zero-order valence-corrected chi connectivity index (χ0v) is 9.73. The van der Waals surface area contributed by atoms with Crippen molar-refractivity contribution >= 4 is 6.21 Å². The summed E-state index contributed by atoms with van der Waals surface area (Å²) < 4.78 is 13.5. The third-order valence-electron chi connectivity index (χ3n) is 2.34. The molecule has 1 unspecified atom stereocenters. The lowest BCUT2D eigenvalue weighted by atomic mass is 10.0. The Bertz CT molecular complexity index is 374. The highest BCUT2D eigenvalue weighted by Crippen LogP contribution is 2.19. The number of nitrogens with zero attached hydrogens (tertiary/aromatic N) is 2. The molecule has 0 amide bonds. The molecule has 0 N–H and O–H groups in total. The first-order chi connectivity index (χ1) is 7.65. The number of allylic oxidation sites excluding steroid dienone is 1. The number of rotatable bonds is 5. The van der Waals surface area contributed by atoms with Crippen molar-refractivity contribution in [1.82, 2.24) is 5.01 Å². The molecule has 0 aliphatic rings. The van der Waals surface area contributed by atoms with Crippen molar-refractivity contribution in [3.05, 3.63) is 48.3 Å². The van der Waals surface area contributed by atoms with E-state index in [0.29, 0.717) is 6.54 Å². The SMILES string of the molecule is C=C/C=N\N(C)CC(C)c1ccccc1F. The Balaban J connectivity index is 2.65. The van der Waals surface area contributed by atoms with Gasteiger partial charge in [0.25, 0.3) is 0 Å². The van der Waals surface area contributed by atoms with Gasteiger partial charge < -0.3 is 0 Å². The maximum absolute atomic E-state index is 13.5. The van der Waals surface area contributed by atoms with Crippen LogP contribution >= 0.6 is 0 Å². The Labute approximate surface area is 96.1 Å². The summed E-state index contributed by atoms with van der Waals surface area (Å²) in [5.74, 6) is -0.0516. The summed E-state index contributed by atoms with van der Waals surface area (Å²) in [7, 11) is 1.86. The molecule has 1 aromatic rings. The fourth-order valence-corrected chi connectivity index (χ4v) is 1.58. The van der Waals surface area contributed by atoms with Crippen molar-refractivity contribution in [2.24, 2.45) is 5.10 Å². The van der Waals surface area contributed by atoms with Gasteiger partial charge in [-0.05, 0) is 17.7 Å². The van der Waals surface area contributed by atoms with Crippen LogP contribution < -0.4 is 0 Å². The van der Waals surface area contributed by atoms with Gasteiger partial charge in [0.05, 0.1) is 0 Å². The second-order valence-corrected chi connectivity index (χ2v) is 3.76.